The van der Waals surface area contributed by atoms with Crippen molar-refractivity contribution in [2.45, 2.75) is 31.8 Å². The van der Waals surface area contributed by atoms with Crippen LogP contribution in [0.4, 0.5) is 4.39 Å². The zero-order valence-corrected chi connectivity index (χ0v) is 11.5. The zero-order chi connectivity index (χ0) is 15.2. The number of halogens is 1. The first-order valence-electron chi connectivity index (χ1n) is 6.99. The molecule has 5 nitrogen and oxygen atoms in total. The molecule has 2 N–H and O–H groups in total. The van der Waals surface area contributed by atoms with Crippen molar-refractivity contribution in [2.75, 3.05) is 6.54 Å². The van der Waals surface area contributed by atoms with Crippen molar-refractivity contribution in [3.8, 4) is 5.75 Å². The molecule has 0 radical (unpaired) electrons. The monoisotopic (exact) mass is 295 g/mol. The highest BCUT2D eigenvalue weighted by Gasteiger charge is 2.25. The number of carbonyl (C=O) groups is 2. The molecule has 6 heteroatoms. The third-order valence-electron chi connectivity index (χ3n) is 3.56. The van der Waals surface area contributed by atoms with Crippen molar-refractivity contribution in [1.82, 2.24) is 5.32 Å². The molecule has 1 aliphatic carbocycles. The van der Waals surface area contributed by atoms with Gasteiger partial charge in [0, 0.05) is 5.92 Å². The number of carboxylic acids is 1. The molecule has 0 aliphatic heterocycles. The second-order valence-corrected chi connectivity index (χ2v) is 5.13. The van der Waals surface area contributed by atoms with Gasteiger partial charge in [0.15, 0.2) is 0 Å². The van der Waals surface area contributed by atoms with Gasteiger partial charge in [-0.05, 0) is 37.1 Å². The van der Waals surface area contributed by atoms with Crippen LogP contribution in [0.15, 0.2) is 24.3 Å². The van der Waals surface area contributed by atoms with Gasteiger partial charge in [0.25, 0.3) is 0 Å². The number of carbonyl (C=O) groups excluding carboxylic acids is 1. The van der Waals surface area contributed by atoms with Crippen molar-refractivity contribution >= 4 is 11.9 Å². The summed E-state index contributed by atoms with van der Waals surface area (Å²) in [4.78, 5) is 23.0. The minimum absolute atomic E-state index is 0.0229. The van der Waals surface area contributed by atoms with Crippen LogP contribution in [0.5, 0.6) is 5.75 Å². The fraction of sp³-hybridized carbons (Fsp3) is 0.467. The van der Waals surface area contributed by atoms with E-state index in [-0.39, 0.29) is 24.1 Å². The largest absolute Gasteiger partial charge is 0.478 e. The summed E-state index contributed by atoms with van der Waals surface area (Å²) in [6.45, 7) is -0.109. The Hall–Kier alpha value is -2.11. The lowest BCUT2D eigenvalue weighted by molar-refractivity contribution is -0.145. The van der Waals surface area contributed by atoms with E-state index in [1.165, 1.54) is 24.3 Å². The molecule has 0 spiro atoms. The SMILES string of the molecule is O=C(NCC(Oc1ccc(F)cc1)C(=O)O)C1CCCC1. The molecule has 0 saturated heterocycles. The first-order valence-corrected chi connectivity index (χ1v) is 6.99. The highest BCUT2D eigenvalue weighted by molar-refractivity contribution is 5.80. The van der Waals surface area contributed by atoms with Crippen LogP contribution in [0, 0.1) is 11.7 Å². The summed E-state index contributed by atoms with van der Waals surface area (Å²) in [7, 11) is 0. The van der Waals surface area contributed by atoms with Crippen LogP contribution in [0.2, 0.25) is 0 Å². The molecular weight excluding hydrogens is 277 g/mol. The molecule has 1 saturated carbocycles. The van der Waals surface area contributed by atoms with E-state index in [9.17, 15) is 14.0 Å². The minimum atomic E-state index is -1.19. The van der Waals surface area contributed by atoms with E-state index in [2.05, 4.69) is 5.32 Å². The summed E-state index contributed by atoms with van der Waals surface area (Å²) in [5, 5.41) is 11.7. The molecule has 1 aromatic carbocycles. The Balaban J connectivity index is 1.88. The predicted molar refractivity (Wildman–Crippen MR) is 73.4 cm³/mol. The smallest absolute Gasteiger partial charge is 0.346 e. The number of ether oxygens (including phenoxy) is 1. The maximum atomic E-state index is 12.8. The number of hydrogen-bond donors (Lipinski definition) is 2. The van der Waals surface area contributed by atoms with Gasteiger partial charge in [-0.3, -0.25) is 4.79 Å². The van der Waals surface area contributed by atoms with Crippen molar-refractivity contribution < 1.29 is 23.8 Å². The summed E-state index contributed by atoms with van der Waals surface area (Å²) in [5.41, 5.74) is 0. The molecule has 1 amide bonds. The van der Waals surface area contributed by atoms with Crippen LogP contribution in [-0.4, -0.2) is 29.6 Å². The predicted octanol–water partition coefficient (Wildman–Crippen LogP) is 1.96. The lowest BCUT2D eigenvalue weighted by Crippen LogP contribution is -2.42. The molecule has 1 aromatic rings. The van der Waals surface area contributed by atoms with Gasteiger partial charge in [0.1, 0.15) is 11.6 Å². The Morgan fingerprint density at radius 2 is 1.90 bits per heavy atom. The Labute approximate surface area is 122 Å². The van der Waals surface area contributed by atoms with Gasteiger partial charge in [-0.2, -0.15) is 0 Å². The number of amides is 1. The summed E-state index contributed by atoms with van der Waals surface area (Å²) >= 11 is 0. The third kappa shape index (κ3) is 4.44. The van der Waals surface area contributed by atoms with Crippen LogP contribution in [0.25, 0.3) is 0 Å². The van der Waals surface area contributed by atoms with Gasteiger partial charge in [-0.15, -0.1) is 0 Å². The van der Waals surface area contributed by atoms with Gasteiger partial charge in [-0.1, -0.05) is 12.8 Å². The second-order valence-electron chi connectivity index (χ2n) is 5.13. The Bertz CT molecular complexity index is 497. The fourth-order valence-corrected chi connectivity index (χ4v) is 2.38. The van der Waals surface area contributed by atoms with Gasteiger partial charge in [0.05, 0.1) is 6.54 Å². The number of nitrogens with one attached hydrogen (secondary N) is 1. The average Bonchev–Trinajstić information content (AvgIpc) is 2.99. The van der Waals surface area contributed by atoms with Crippen LogP contribution in [-0.2, 0) is 9.59 Å². The van der Waals surface area contributed by atoms with Crippen molar-refractivity contribution in [3.05, 3.63) is 30.1 Å². The molecule has 1 fully saturated rings. The molecular formula is C15H18FNO4. The van der Waals surface area contributed by atoms with Crippen molar-refractivity contribution in [2.24, 2.45) is 5.92 Å². The van der Waals surface area contributed by atoms with E-state index in [4.69, 9.17) is 9.84 Å². The number of benzene rings is 1. The Morgan fingerprint density at radius 1 is 1.29 bits per heavy atom. The maximum absolute atomic E-state index is 12.8. The summed E-state index contributed by atoms with van der Waals surface area (Å²) in [5.74, 6) is -1.50. The first kappa shape index (κ1) is 15.3. The lowest BCUT2D eigenvalue weighted by atomic mass is 10.1. The minimum Gasteiger partial charge on any atom is -0.478 e. The molecule has 1 aliphatic rings. The molecule has 1 atom stereocenters. The van der Waals surface area contributed by atoms with E-state index < -0.39 is 17.9 Å². The molecule has 0 bridgehead atoms. The quantitative estimate of drug-likeness (QED) is 0.841. The molecule has 2 rings (SSSR count). The Kier molecular flexibility index (Phi) is 5.14. The summed E-state index contributed by atoms with van der Waals surface area (Å²) in [6, 6.07) is 5.07. The van der Waals surface area contributed by atoms with Gasteiger partial charge < -0.3 is 15.2 Å². The molecule has 0 aromatic heterocycles. The van der Waals surface area contributed by atoms with Crippen LogP contribution >= 0.6 is 0 Å². The molecule has 114 valence electrons. The third-order valence-corrected chi connectivity index (χ3v) is 3.56. The molecule has 0 heterocycles. The van der Waals surface area contributed by atoms with E-state index >= 15 is 0 Å². The van der Waals surface area contributed by atoms with Gasteiger partial charge >= 0.3 is 5.97 Å². The van der Waals surface area contributed by atoms with Gasteiger partial charge in [0.2, 0.25) is 12.0 Å². The maximum Gasteiger partial charge on any atom is 0.346 e. The normalized spacial score (nSPS) is 16.4. The standard InChI is InChI=1S/C15H18FNO4/c16-11-5-7-12(8-6-11)21-13(15(19)20)9-17-14(18)10-3-1-2-4-10/h5-8,10,13H,1-4,9H2,(H,17,18)(H,19,20). The van der Waals surface area contributed by atoms with Crippen LogP contribution in [0.3, 0.4) is 0 Å². The first-order chi connectivity index (χ1) is 10.1. The fourth-order valence-electron chi connectivity index (χ4n) is 2.38. The summed E-state index contributed by atoms with van der Waals surface area (Å²) in [6.07, 6.45) is 2.57. The highest BCUT2D eigenvalue weighted by atomic mass is 19.1. The molecule has 21 heavy (non-hydrogen) atoms. The number of rotatable bonds is 6. The van der Waals surface area contributed by atoms with E-state index in [1.807, 2.05) is 0 Å². The number of hydrogen-bond acceptors (Lipinski definition) is 3. The molecule has 1 unspecified atom stereocenters. The lowest BCUT2D eigenvalue weighted by Gasteiger charge is -2.17. The van der Waals surface area contributed by atoms with Crippen molar-refractivity contribution in [3.63, 3.8) is 0 Å². The van der Waals surface area contributed by atoms with E-state index in [0.717, 1.165) is 25.7 Å². The van der Waals surface area contributed by atoms with E-state index in [1.54, 1.807) is 0 Å². The highest BCUT2D eigenvalue weighted by Crippen LogP contribution is 2.24. The second kappa shape index (κ2) is 7.06. The Morgan fingerprint density at radius 3 is 2.48 bits per heavy atom. The topological polar surface area (TPSA) is 75.6 Å². The number of carboxylic acid groups (broad SMARTS) is 1. The summed E-state index contributed by atoms with van der Waals surface area (Å²) < 4.78 is 18.0. The van der Waals surface area contributed by atoms with E-state index in [0.29, 0.717) is 0 Å². The van der Waals surface area contributed by atoms with Crippen LogP contribution < -0.4 is 10.1 Å². The van der Waals surface area contributed by atoms with Crippen molar-refractivity contribution in [1.29, 1.82) is 0 Å². The average molecular weight is 295 g/mol. The number of aliphatic carboxylic acids is 1. The van der Waals surface area contributed by atoms with Gasteiger partial charge in [-0.25, -0.2) is 9.18 Å². The zero-order valence-electron chi connectivity index (χ0n) is 11.5. The van der Waals surface area contributed by atoms with Crippen LogP contribution in [0.1, 0.15) is 25.7 Å².